The molecule has 4 atom stereocenters. The monoisotopic (exact) mass is 242 g/mol. The van der Waals surface area contributed by atoms with Crippen LogP contribution in [0.15, 0.2) is 23.1 Å². The van der Waals surface area contributed by atoms with Crippen molar-refractivity contribution in [1.82, 2.24) is 4.57 Å². The Morgan fingerprint density at radius 1 is 1.41 bits per heavy atom. The largest absolute Gasteiger partial charge is 0.399 e. The number of hydrogen-bond donors (Lipinski definition) is 4. The molecule has 7 heteroatoms. The molecule has 0 bridgehead atoms. The fourth-order valence-electron chi connectivity index (χ4n) is 1.83. The van der Waals surface area contributed by atoms with Gasteiger partial charge in [-0.05, 0) is 6.07 Å². The number of aliphatic hydroxyl groups is 3. The summed E-state index contributed by atoms with van der Waals surface area (Å²) in [5.74, 6) is 0. The van der Waals surface area contributed by atoms with Crippen molar-refractivity contribution in [2.75, 3.05) is 12.3 Å². The van der Waals surface area contributed by atoms with Crippen LogP contribution < -0.4 is 11.3 Å². The zero-order chi connectivity index (χ0) is 12.6. The molecule has 0 aliphatic carbocycles. The topological polar surface area (TPSA) is 118 Å². The summed E-state index contributed by atoms with van der Waals surface area (Å²) in [6, 6.07) is 2.67. The van der Waals surface area contributed by atoms with Crippen LogP contribution in [0.2, 0.25) is 0 Å². The van der Waals surface area contributed by atoms with E-state index < -0.39 is 36.7 Å². The van der Waals surface area contributed by atoms with Crippen LogP contribution in [0.4, 0.5) is 5.69 Å². The highest BCUT2D eigenvalue weighted by Gasteiger charge is 2.43. The minimum absolute atomic E-state index is 0.304. The van der Waals surface area contributed by atoms with Crippen LogP contribution in [-0.2, 0) is 4.74 Å². The first-order chi connectivity index (χ1) is 8.04. The van der Waals surface area contributed by atoms with Crippen molar-refractivity contribution in [2.45, 2.75) is 24.5 Å². The summed E-state index contributed by atoms with van der Waals surface area (Å²) in [6.07, 6.45) is -3.05. The molecule has 0 radical (unpaired) electrons. The van der Waals surface area contributed by atoms with Gasteiger partial charge in [-0.2, -0.15) is 0 Å². The van der Waals surface area contributed by atoms with Crippen LogP contribution in [-0.4, -0.2) is 44.8 Å². The molecule has 94 valence electrons. The van der Waals surface area contributed by atoms with E-state index >= 15 is 0 Å². The van der Waals surface area contributed by atoms with Crippen molar-refractivity contribution in [3.63, 3.8) is 0 Å². The SMILES string of the molecule is Nc1ccn(C2OC(CO)C(O)C2O)c(=O)c1. The second kappa shape index (κ2) is 4.46. The molecular weight excluding hydrogens is 228 g/mol. The van der Waals surface area contributed by atoms with E-state index in [1.165, 1.54) is 18.3 Å². The summed E-state index contributed by atoms with van der Waals surface area (Å²) >= 11 is 0. The number of nitrogen functional groups attached to an aromatic ring is 1. The second-order valence-electron chi connectivity index (χ2n) is 3.93. The molecule has 0 aromatic carbocycles. The maximum Gasteiger partial charge on any atom is 0.254 e. The number of ether oxygens (including phenoxy) is 1. The third-order valence-corrected chi connectivity index (χ3v) is 2.76. The highest BCUT2D eigenvalue weighted by atomic mass is 16.6. The molecule has 5 N–H and O–H groups in total. The van der Waals surface area contributed by atoms with E-state index in [0.29, 0.717) is 5.69 Å². The molecule has 0 spiro atoms. The molecule has 1 aromatic rings. The molecule has 4 unspecified atom stereocenters. The Kier molecular flexibility index (Phi) is 3.16. The van der Waals surface area contributed by atoms with Crippen molar-refractivity contribution in [3.05, 3.63) is 28.7 Å². The lowest BCUT2D eigenvalue weighted by molar-refractivity contribution is -0.0543. The lowest BCUT2D eigenvalue weighted by Crippen LogP contribution is -2.35. The predicted octanol–water partition coefficient (Wildman–Crippen LogP) is -1.96. The van der Waals surface area contributed by atoms with E-state index in [1.807, 2.05) is 0 Å². The number of nitrogens with zero attached hydrogens (tertiary/aromatic N) is 1. The standard InChI is InChI=1S/C10H14N2O5/c11-5-1-2-12(7(14)3-5)10-9(16)8(15)6(4-13)17-10/h1-3,6,8-10,13,15-16H,4,11H2. The zero-order valence-corrected chi connectivity index (χ0v) is 8.93. The van der Waals surface area contributed by atoms with Gasteiger partial charge in [0.15, 0.2) is 6.23 Å². The van der Waals surface area contributed by atoms with E-state index in [2.05, 4.69) is 0 Å². The van der Waals surface area contributed by atoms with Gasteiger partial charge in [-0.1, -0.05) is 0 Å². The molecule has 1 aliphatic rings. The summed E-state index contributed by atoms with van der Waals surface area (Å²) in [5, 5.41) is 28.2. The minimum Gasteiger partial charge on any atom is -0.399 e. The smallest absolute Gasteiger partial charge is 0.254 e. The number of nitrogens with two attached hydrogens (primary N) is 1. The molecule has 7 nitrogen and oxygen atoms in total. The summed E-state index contributed by atoms with van der Waals surface area (Å²) < 4.78 is 6.34. The quantitative estimate of drug-likeness (QED) is 0.478. The molecule has 2 rings (SSSR count). The fraction of sp³-hybridized carbons (Fsp3) is 0.500. The van der Waals surface area contributed by atoms with E-state index in [-0.39, 0.29) is 0 Å². The van der Waals surface area contributed by atoms with E-state index in [9.17, 15) is 15.0 Å². The normalized spacial score (nSPS) is 32.9. The van der Waals surface area contributed by atoms with Crippen LogP contribution in [0, 0.1) is 0 Å². The number of pyridine rings is 1. The van der Waals surface area contributed by atoms with Crippen molar-refractivity contribution in [2.24, 2.45) is 0 Å². The first-order valence-electron chi connectivity index (χ1n) is 5.14. The fourth-order valence-corrected chi connectivity index (χ4v) is 1.83. The van der Waals surface area contributed by atoms with Crippen LogP contribution in [0.3, 0.4) is 0 Å². The van der Waals surface area contributed by atoms with Crippen molar-refractivity contribution < 1.29 is 20.1 Å². The average molecular weight is 242 g/mol. The zero-order valence-electron chi connectivity index (χ0n) is 8.93. The van der Waals surface area contributed by atoms with Crippen LogP contribution in [0.1, 0.15) is 6.23 Å². The second-order valence-corrected chi connectivity index (χ2v) is 3.93. The molecular formula is C10H14N2O5. The minimum atomic E-state index is -1.27. The molecule has 1 aliphatic heterocycles. The Hall–Kier alpha value is -1.41. The maximum absolute atomic E-state index is 11.6. The Morgan fingerprint density at radius 2 is 2.12 bits per heavy atom. The number of aromatic nitrogens is 1. The van der Waals surface area contributed by atoms with E-state index in [0.717, 1.165) is 4.57 Å². The number of aliphatic hydroxyl groups excluding tert-OH is 3. The predicted molar refractivity (Wildman–Crippen MR) is 58.1 cm³/mol. The van der Waals surface area contributed by atoms with Gasteiger partial charge in [-0.25, -0.2) is 0 Å². The van der Waals surface area contributed by atoms with Crippen LogP contribution in [0.25, 0.3) is 0 Å². The van der Waals surface area contributed by atoms with Gasteiger partial charge >= 0.3 is 0 Å². The van der Waals surface area contributed by atoms with Gasteiger partial charge in [0.25, 0.3) is 5.56 Å². The molecule has 1 saturated heterocycles. The van der Waals surface area contributed by atoms with Gasteiger partial charge < -0.3 is 25.8 Å². The van der Waals surface area contributed by atoms with Gasteiger partial charge in [0.1, 0.15) is 18.3 Å². The van der Waals surface area contributed by atoms with Gasteiger partial charge in [0, 0.05) is 18.0 Å². The molecule has 1 aromatic heterocycles. The van der Waals surface area contributed by atoms with Crippen molar-refractivity contribution in [3.8, 4) is 0 Å². The third kappa shape index (κ3) is 2.05. The lowest BCUT2D eigenvalue weighted by atomic mass is 10.1. The molecule has 0 saturated carbocycles. The number of hydrogen-bond acceptors (Lipinski definition) is 6. The maximum atomic E-state index is 11.6. The van der Waals surface area contributed by atoms with E-state index in [4.69, 9.17) is 15.6 Å². The summed E-state index contributed by atoms with van der Waals surface area (Å²) in [6.45, 7) is -0.432. The van der Waals surface area contributed by atoms with Gasteiger partial charge in [0.05, 0.1) is 6.61 Å². The van der Waals surface area contributed by atoms with Gasteiger partial charge in [0.2, 0.25) is 0 Å². The first-order valence-corrected chi connectivity index (χ1v) is 5.14. The number of rotatable bonds is 2. The van der Waals surface area contributed by atoms with Crippen LogP contribution >= 0.6 is 0 Å². The van der Waals surface area contributed by atoms with Crippen molar-refractivity contribution >= 4 is 5.69 Å². The highest BCUT2D eigenvalue weighted by molar-refractivity contribution is 5.34. The number of anilines is 1. The molecule has 1 fully saturated rings. The summed E-state index contributed by atoms with van der Waals surface area (Å²) in [7, 11) is 0. The van der Waals surface area contributed by atoms with Crippen molar-refractivity contribution in [1.29, 1.82) is 0 Å². The first kappa shape index (κ1) is 12.1. The third-order valence-electron chi connectivity index (χ3n) is 2.76. The van der Waals surface area contributed by atoms with Gasteiger partial charge in [-0.15, -0.1) is 0 Å². The van der Waals surface area contributed by atoms with Crippen LogP contribution in [0.5, 0.6) is 0 Å². The molecule has 0 amide bonds. The average Bonchev–Trinajstić information content (AvgIpc) is 2.57. The molecule has 2 heterocycles. The Morgan fingerprint density at radius 3 is 2.65 bits per heavy atom. The lowest BCUT2D eigenvalue weighted by Gasteiger charge is -2.17. The summed E-state index contributed by atoms with van der Waals surface area (Å²) in [5.41, 5.74) is 5.29. The van der Waals surface area contributed by atoms with E-state index in [1.54, 1.807) is 0 Å². The Balaban J connectivity index is 2.32. The van der Waals surface area contributed by atoms with Gasteiger partial charge in [-0.3, -0.25) is 9.36 Å². The molecule has 17 heavy (non-hydrogen) atoms. The summed E-state index contributed by atoms with van der Waals surface area (Å²) in [4.78, 5) is 11.6. The Labute approximate surface area is 96.7 Å². The highest BCUT2D eigenvalue weighted by Crippen LogP contribution is 2.28. The Bertz CT molecular complexity index is 460.